The highest BCUT2D eigenvalue weighted by Crippen LogP contribution is 2.19. The first-order valence-corrected chi connectivity index (χ1v) is 8.44. The number of ether oxygens (including phenoxy) is 1. The van der Waals surface area contributed by atoms with Crippen LogP contribution in [-0.4, -0.2) is 32.6 Å². The highest BCUT2D eigenvalue weighted by Gasteiger charge is 2.17. The van der Waals surface area contributed by atoms with Crippen LogP contribution in [0.25, 0.3) is 0 Å². The fourth-order valence-corrected chi connectivity index (χ4v) is 3.66. The Morgan fingerprint density at radius 2 is 2.00 bits per heavy atom. The van der Waals surface area contributed by atoms with Crippen molar-refractivity contribution in [2.75, 3.05) is 13.2 Å². The number of benzene rings is 1. The zero-order valence-corrected chi connectivity index (χ0v) is 12.8. The van der Waals surface area contributed by atoms with Crippen LogP contribution < -0.4 is 9.46 Å². The van der Waals surface area contributed by atoms with Crippen molar-refractivity contribution in [2.45, 2.75) is 4.90 Å². The lowest BCUT2D eigenvalue weighted by molar-refractivity contribution is 0.0702. The molecule has 6 nitrogen and oxygen atoms in total. The molecule has 0 fully saturated rings. The van der Waals surface area contributed by atoms with Crippen molar-refractivity contribution >= 4 is 27.3 Å². The first-order chi connectivity index (χ1) is 10.4. The van der Waals surface area contributed by atoms with E-state index in [1.54, 1.807) is 0 Å². The number of thiophene rings is 1. The normalized spacial score (nSPS) is 11.3. The van der Waals surface area contributed by atoms with Crippen LogP contribution in [0.1, 0.15) is 9.67 Å². The summed E-state index contributed by atoms with van der Waals surface area (Å²) in [5.74, 6) is -1.14. The summed E-state index contributed by atoms with van der Waals surface area (Å²) >= 11 is 0.836. The number of carboxylic acid groups (broad SMARTS) is 1. The quantitative estimate of drug-likeness (QED) is 0.748. The number of hydrogen-bond donors (Lipinski definition) is 2. The van der Waals surface area contributed by atoms with Gasteiger partial charge in [0, 0.05) is 11.9 Å². The van der Waals surface area contributed by atoms with Crippen LogP contribution in [0.3, 0.4) is 0 Å². The first kappa shape index (κ1) is 16.4. The van der Waals surface area contributed by atoms with E-state index in [-0.39, 0.29) is 28.7 Å². The van der Waals surface area contributed by atoms with E-state index in [0.717, 1.165) is 17.4 Å². The van der Waals surface area contributed by atoms with E-state index in [0.29, 0.717) is 5.75 Å². The Labute approximate surface area is 130 Å². The van der Waals surface area contributed by atoms with E-state index in [2.05, 4.69) is 4.72 Å². The zero-order chi connectivity index (χ0) is 16.2. The minimum atomic E-state index is -3.78. The van der Waals surface area contributed by atoms with Crippen molar-refractivity contribution in [3.63, 3.8) is 0 Å². The lowest BCUT2D eigenvalue weighted by atomic mass is 10.3. The molecule has 0 amide bonds. The molecule has 0 spiro atoms. The van der Waals surface area contributed by atoms with Gasteiger partial charge in [0.1, 0.15) is 23.1 Å². The highest BCUT2D eigenvalue weighted by atomic mass is 32.2. The van der Waals surface area contributed by atoms with Crippen LogP contribution in [0.15, 0.2) is 40.6 Å². The van der Waals surface area contributed by atoms with Crippen molar-refractivity contribution in [3.05, 3.63) is 46.4 Å². The second kappa shape index (κ2) is 6.86. The molecule has 1 aromatic carbocycles. The Balaban J connectivity index is 1.87. The molecular weight excluding hydrogens is 333 g/mol. The van der Waals surface area contributed by atoms with Crippen molar-refractivity contribution in [1.29, 1.82) is 0 Å². The van der Waals surface area contributed by atoms with Crippen molar-refractivity contribution in [3.8, 4) is 5.75 Å². The van der Waals surface area contributed by atoms with Gasteiger partial charge in [0.05, 0.1) is 4.90 Å². The minimum absolute atomic E-state index is 0.00202. The van der Waals surface area contributed by atoms with E-state index in [1.807, 2.05) is 0 Å². The molecule has 0 aliphatic rings. The third-order valence-corrected chi connectivity index (χ3v) is 5.08. The molecule has 1 heterocycles. The topological polar surface area (TPSA) is 92.7 Å². The fraction of sp³-hybridized carbons (Fsp3) is 0.154. The van der Waals surface area contributed by atoms with Crippen molar-refractivity contribution < 1.29 is 27.4 Å². The largest absolute Gasteiger partial charge is 0.492 e. The maximum Gasteiger partial charge on any atom is 0.345 e. The van der Waals surface area contributed by atoms with E-state index < -0.39 is 16.0 Å². The number of nitrogens with one attached hydrogen (secondary N) is 1. The molecule has 2 aromatic rings. The van der Waals surface area contributed by atoms with Gasteiger partial charge in [-0.1, -0.05) is 0 Å². The monoisotopic (exact) mass is 345 g/mol. The summed E-state index contributed by atoms with van der Waals surface area (Å²) in [5.41, 5.74) is 0. The molecule has 0 aliphatic carbocycles. The second-order valence-corrected chi connectivity index (χ2v) is 6.83. The third-order valence-electron chi connectivity index (χ3n) is 2.57. The van der Waals surface area contributed by atoms with Gasteiger partial charge in [0.25, 0.3) is 0 Å². The zero-order valence-electron chi connectivity index (χ0n) is 11.2. The molecule has 2 N–H and O–H groups in total. The summed E-state index contributed by atoms with van der Waals surface area (Å²) in [6.45, 7) is 0.0543. The van der Waals surface area contributed by atoms with Crippen LogP contribution in [0.4, 0.5) is 4.39 Å². The van der Waals surface area contributed by atoms with Gasteiger partial charge in [0.15, 0.2) is 0 Å². The minimum Gasteiger partial charge on any atom is -0.492 e. The Morgan fingerprint density at radius 1 is 1.32 bits per heavy atom. The average molecular weight is 345 g/mol. The number of rotatable bonds is 7. The fourth-order valence-electron chi connectivity index (χ4n) is 1.53. The van der Waals surface area contributed by atoms with Crippen LogP contribution in [0, 0.1) is 5.82 Å². The number of hydrogen-bond acceptors (Lipinski definition) is 5. The predicted octanol–water partition coefficient (Wildman–Crippen LogP) is 1.94. The molecule has 118 valence electrons. The van der Waals surface area contributed by atoms with Crippen LogP contribution in [-0.2, 0) is 10.0 Å². The Morgan fingerprint density at radius 3 is 2.59 bits per heavy atom. The van der Waals surface area contributed by atoms with Gasteiger partial charge in [-0.2, -0.15) is 0 Å². The van der Waals surface area contributed by atoms with E-state index in [9.17, 15) is 17.6 Å². The van der Waals surface area contributed by atoms with Crippen LogP contribution in [0.2, 0.25) is 0 Å². The highest BCUT2D eigenvalue weighted by molar-refractivity contribution is 7.89. The van der Waals surface area contributed by atoms with Crippen molar-refractivity contribution in [2.24, 2.45) is 0 Å². The second-order valence-electron chi connectivity index (χ2n) is 4.15. The molecule has 0 aliphatic heterocycles. The molecule has 0 saturated heterocycles. The van der Waals surface area contributed by atoms with Gasteiger partial charge in [-0.05, 0) is 30.3 Å². The smallest absolute Gasteiger partial charge is 0.345 e. The summed E-state index contributed by atoms with van der Waals surface area (Å²) < 4.78 is 44.1. The predicted molar refractivity (Wildman–Crippen MR) is 78.4 cm³/mol. The number of carboxylic acids is 1. The third kappa shape index (κ3) is 4.26. The summed E-state index contributed by atoms with van der Waals surface area (Å²) in [5, 5.41) is 10.0. The lowest BCUT2D eigenvalue weighted by Gasteiger charge is -2.07. The maximum absolute atomic E-state index is 12.7. The van der Waals surface area contributed by atoms with Crippen LogP contribution >= 0.6 is 11.3 Å². The number of sulfonamides is 1. The van der Waals surface area contributed by atoms with Gasteiger partial charge in [-0.25, -0.2) is 22.3 Å². The number of carbonyl (C=O) groups is 1. The molecule has 0 unspecified atom stereocenters. The standard InChI is InChI=1S/C13H12FNO5S2/c14-9-1-3-10(4-2-9)20-6-5-15-22(18,19)11-7-12(13(16)17)21-8-11/h1-4,7-8,15H,5-6H2,(H,16,17). The molecule has 22 heavy (non-hydrogen) atoms. The lowest BCUT2D eigenvalue weighted by Crippen LogP contribution is -2.28. The first-order valence-electron chi connectivity index (χ1n) is 6.08. The molecule has 0 radical (unpaired) electrons. The Hall–Kier alpha value is -1.97. The molecule has 0 saturated carbocycles. The van der Waals surface area contributed by atoms with E-state index in [1.165, 1.54) is 29.6 Å². The molecule has 1 aromatic heterocycles. The maximum atomic E-state index is 12.7. The average Bonchev–Trinajstić information content (AvgIpc) is 2.96. The molecule has 9 heteroatoms. The summed E-state index contributed by atoms with van der Waals surface area (Å²) in [4.78, 5) is 10.6. The summed E-state index contributed by atoms with van der Waals surface area (Å²) in [6, 6.07) is 6.43. The van der Waals surface area contributed by atoms with Gasteiger partial charge < -0.3 is 9.84 Å². The van der Waals surface area contributed by atoms with Gasteiger partial charge >= 0.3 is 5.97 Å². The van der Waals surface area contributed by atoms with Crippen LogP contribution in [0.5, 0.6) is 5.75 Å². The van der Waals surface area contributed by atoms with Gasteiger partial charge in [0.2, 0.25) is 10.0 Å². The van der Waals surface area contributed by atoms with E-state index >= 15 is 0 Å². The number of aromatic carboxylic acids is 1. The Kier molecular flexibility index (Phi) is 5.11. The van der Waals surface area contributed by atoms with E-state index in [4.69, 9.17) is 9.84 Å². The van der Waals surface area contributed by atoms with Crippen molar-refractivity contribution in [1.82, 2.24) is 4.72 Å². The van der Waals surface area contributed by atoms with Gasteiger partial charge in [-0.3, -0.25) is 0 Å². The molecular formula is C13H12FNO5S2. The molecule has 2 rings (SSSR count). The molecule has 0 bridgehead atoms. The summed E-state index contributed by atoms with van der Waals surface area (Å²) in [6.07, 6.45) is 0. The van der Waals surface area contributed by atoms with Gasteiger partial charge in [-0.15, -0.1) is 11.3 Å². The summed E-state index contributed by atoms with van der Waals surface area (Å²) in [7, 11) is -3.78. The number of halogens is 1. The molecule has 0 atom stereocenters. The SMILES string of the molecule is O=C(O)c1cc(S(=O)(=O)NCCOc2ccc(F)cc2)cs1. The Bertz CT molecular complexity index is 755.